The molecule has 3 nitrogen and oxygen atoms in total. The first-order valence-electron chi connectivity index (χ1n) is 6.64. The Labute approximate surface area is 110 Å². The summed E-state index contributed by atoms with van der Waals surface area (Å²) in [6, 6.07) is 2.12. The van der Waals surface area contributed by atoms with Crippen LogP contribution in [0, 0.1) is 0 Å². The number of pyridine rings is 1. The minimum absolute atomic E-state index is 0.134. The molecule has 98 valence electrons. The molecule has 0 radical (unpaired) electrons. The number of anilines is 1. The number of aromatic nitrogens is 1. The molecule has 0 unspecified atom stereocenters. The standard InChI is InChI=1S/C15H23N3/c1-15(2,3)17-12-13-11-16-8-7-14(13)18-9-5-4-6-10-18/h4-5,7-8,11,17H,6,9-10,12H2,1-3H3. The van der Waals surface area contributed by atoms with Crippen molar-refractivity contribution in [3.8, 4) is 0 Å². The lowest BCUT2D eigenvalue weighted by Gasteiger charge is -2.29. The van der Waals surface area contributed by atoms with Crippen LogP contribution in [0.4, 0.5) is 5.69 Å². The Morgan fingerprint density at radius 2 is 2.17 bits per heavy atom. The van der Waals surface area contributed by atoms with Crippen molar-refractivity contribution >= 4 is 5.69 Å². The molecule has 3 heteroatoms. The van der Waals surface area contributed by atoms with Gasteiger partial charge in [0.2, 0.25) is 0 Å². The normalized spacial score (nSPS) is 16.1. The van der Waals surface area contributed by atoms with Crippen LogP contribution in [0.1, 0.15) is 32.8 Å². The van der Waals surface area contributed by atoms with Crippen LogP contribution in [0.25, 0.3) is 0 Å². The van der Waals surface area contributed by atoms with E-state index in [0.717, 1.165) is 26.1 Å². The van der Waals surface area contributed by atoms with E-state index in [1.165, 1.54) is 11.3 Å². The van der Waals surface area contributed by atoms with Gasteiger partial charge in [-0.1, -0.05) is 12.2 Å². The van der Waals surface area contributed by atoms with Crippen molar-refractivity contribution in [1.82, 2.24) is 10.3 Å². The van der Waals surface area contributed by atoms with Gasteiger partial charge in [0.15, 0.2) is 0 Å². The van der Waals surface area contributed by atoms with Crippen LogP contribution in [-0.2, 0) is 6.54 Å². The Hall–Kier alpha value is -1.35. The maximum Gasteiger partial charge on any atom is 0.0445 e. The van der Waals surface area contributed by atoms with Gasteiger partial charge in [-0.25, -0.2) is 0 Å². The number of rotatable bonds is 3. The summed E-state index contributed by atoms with van der Waals surface area (Å²) in [5, 5.41) is 3.53. The van der Waals surface area contributed by atoms with Crippen LogP contribution in [-0.4, -0.2) is 23.6 Å². The van der Waals surface area contributed by atoms with Crippen LogP contribution in [0.15, 0.2) is 30.6 Å². The van der Waals surface area contributed by atoms with Crippen molar-refractivity contribution in [1.29, 1.82) is 0 Å². The van der Waals surface area contributed by atoms with Gasteiger partial charge in [-0.05, 0) is 33.3 Å². The SMILES string of the molecule is CC(C)(C)NCc1cnccc1N1CC=CCC1. The highest BCUT2D eigenvalue weighted by molar-refractivity contribution is 5.53. The van der Waals surface area contributed by atoms with Crippen LogP contribution < -0.4 is 10.2 Å². The van der Waals surface area contributed by atoms with Gasteiger partial charge >= 0.3 is 0 Å². The zero-order chi connectivity index (χ0) is 13.0. The molecule has 0 spiro atoms. The smallest absolute Gasteiger partial charge is 0.0445 e. The lowest BCUT2D eigenvalue weighted by molar-refractivity contribution is 0.424. The molecule has 2 rings (SSSR count). The minimum Gasteiger partial charge on any atom is -0.367 e. The highest BCUT2D eigenvalue weighted by Crippen LogP contribution is 2.21. The molecule has 0 aromatic carbocycles. The Morgan fingerprint density at radius 1 is 1.33 bits per heavy atom. The molecule has 0 saturated carbocycles. The summed E-state index contributed by atoms with van der Waals surface area (Å²) in [5.41, 5.74) is 2.73. The first-order valence-corrected chi connectivity index (χ1v) is 6.64. The van der Waals surface area contributed by atoms with Gasteiger partial charge in [0, 0.05) is 48.8 Å². The lowest BCUT2D eigenvalue weighted by atomic mass is 10.1. The van der Waals surface area contributed by atoms with Gasteiger partial charge in [0.1, 0.15) is 0 Å². The first-order chi connectivity index (χ1) is 8.56. The second-order valence-corrected chi connectivity index (χ2v) is 5.81. The predicted octanol–water partition coefficient (Wildman–Crippen LogP) is 2.74. The quantitative estimate of drug-likeness (QED) is 0.830. The maximum absolute atomic E-state index is 4.26. The van der Waals surface area contributed by atoms with E-state index in [-0.39, 0.29) is 5.54 Å². The van der Waals surface area contributed by atoms with Gasteiger partial charge in [-0.15, -0.1) is 0 Å². The van der Waals surface area contributed by atoms with E-state index in [2.05, 4.69) is 54.2 Å². The average Bonchev–Trinajstić information content (AvgIpc) is 2.37. The van der Waals surface area contributed by atoms with Gasteiger partial charge in [-0.2, -0.15) is 0 Å². The summed E-state index contributed by atoms with van der Waals surface area (Å²) in [6.45, 7) is 9.54. The van der Waals surface area contributed by atoms with Gasteiger partial charge < -0.3 is 10.2 Å². The third kappa shape index (κ3) is 3.57. The summed E-state index contributed by atoms with van der Waals surface area (Å²) in [7, 11) is 0. The first kappa shape index (κ1) is 13.1. The second-order valence-electron chi connectivity index (χ2n) is 5.81. The van der Waals surface area contributed by atoms with Crippen molar-refractivity contribution in [2.75, 3.05) is 18.0 Å². The van der Waals surface area contributed by atoms with Gasteiger partial charge in [0.25, 0.3) is 0 Å². The van der Waals surface area contributed by atoms with Crippen molar-refractivity contribution in [2.45, 2.75) is 39.3 Å². The molecule has 2 heterocycles. The van der Waals surface area contributed by atoms with Crippen LogP contribution >= 0.6 is 0 Å². The largest absolute Gasteiger partial charge is 0.367 e. The maximum atomic E-state index is 4.26. The molecular formula is C15H23N3. The zero-order valence-corrected chi connectivity index (χ0v) is 11.6. The Kier molecular flexibility index (Phi) is 4.02. The second kappa shape index (κ2) is 5.53. The van der Waals surface area contributed by atoms with E-state index < -0.39 is 0 Å². The van der Waals surface area contributed by atoms with Gasteiger partial charge in [-0.3, -0.25) is 4.98 Å². The highest BCUT2D eigenvalue weighted by Gasteiger charge is 2.14. The number of hydrogen-bond donors (Lipinski definition) is 1. The minimum atomic E-state index is 0.134. The average molecular weight is 245 g/mol. The van der Waals surface area contributed by atoms with E-state index in [4.69, 9.17) is 0 Å². The molecule has 1 aliphatic rings. The van der Waals surface area contributed by atoms with E-state index in [1.807, 2.05) is 12.4 Å². The summed E-state index contributed by atoms with van der Waals surface area (Å²) in [5.74, 6) is 0. The fourth-order valence-corrected chi connectivity index (χ4v) is 2.08. The van der Waals surface area contributed by atoms with E-state index in [0.29, 0.717) is 0 Å². The molecular weight excluding hydrogens is 222 g/mol. The summed E-state index contributed by atoms with van der Waals surface area (Å²) in [6.07, 6.45) is 9.49. The molecule has 0 saturated heterocycles. The highest BCUT2D eigenvalue weighted by atomic mass is 15.1. The summed E-state index contributed by atoms with van der Waals surface area (Å²) >= 11 is 0. The molecule has 0 bridgehead atoms. The molecule has 0 fully saturated rings. The monoisotopic (exact) mass is 245 g/mol. The van der Waals surface area contributed by atoms with Crippen LogP contribution in [0.2, 0.25) is 0 Å². The van der Waals surface area contributed by atoms with E-state index in [9.17, 15) is 0 Å². The fraction of sp³-hybridized carbons (Fsp3) is 0.533. The molecule has 1 aromatic heterocycles. The molecule has 1 N–H and O–H groups in total. The number of nitrogens with one attached hydrogen (secondary N) is 1. The Balaban J connectivity index is 2.12. The molecule has 0 amide bonds. The molecule has 0 atom stereocenters. The van der Waals surface area contributed by atoms with E-state index in [1.54, 1.807) is 0 Å². The van der Waals surface area contributed by atoms with E-state index >= 15 is 0 Å². The van der Waals surface area contributed by atoms with Crippen molar-refractivity contribution in [2.24, 2.45) is 0 Å². The molecule has 18 heavy (non-hydrogen) atoms. The van der Waals surface area contributed by atoms with Crippen molar-refractivity contribution < 1.29 is 0 Å². The topological polar surface area (TPSA) is 28.2 Å². The van der Waals surface area contributed by atoms with Crippen LogP contribution in [0.5, 0.6) is 0 Å². The third-order valence-electron chi connectivity index (χ3n) is 3.09. The predicted molar refractivity (Wildman–Crippen MR) is 76.8 cm³/mol. The van der Waals surface area contributed by atoms with Crippen LogP contribution in [0.3, 0.4) is 0 Å². The van der Waals surface area contributed by atoms with Crippen molar-refractivity contribution in [3.05, 3.63) is 36.2 Å². The molecule has 1 aliphatic heterocycles. The number of nitrogens with zero attached hydrogens (tertiary/aromatic N) is 2. The zero-order valence-electron chi connectivity index (χ0n) is 11.6. The summed E-state index contributed by atoms with van der Waals surface area (Å²) < 4.78 is 0. The number of hydrogen-bond acceptors (Lipinski definition) is 3. The Morgan fingerprint density at radius 3 is 2.83 bits per heavy atom. The van der Waals surface area contributed by atoms with Crippen molar-refractivity contribution in [3.63, 3.8) is 0 Å². The molecule has 1 aromatic rings. The molecule has 0 aliphatic carbocycles. The third-order valence-corrected chi connectivity index (χ3v) is 3.09. The fourth-order valence-electron chi connectivity index (χ4n) is 2.08. The van der Waals surface area contributed by atoms with Gasteiger partial charge in [0.05, 0.1) is 0 Å². The lowest BCUT2D eigenvalue weighted by Crippen LogP contribution is -2.36. The summed E-state index contributed by atoms with van der Waals surface area (Å²) in [4.78, 5) is 6.67. The Bertz CT molecular complexity index is 418.